The molecule has 0 saturated heterocycles. The molecule has 0 atom stereocenters. The lowest BCUT2D eigenvalue weighted by Crippen LogP contribution is -2.15. The normalized spacial score (nSPS) is 11.2. The molecule has 7 nitrogen and oxygen atoms in total. The quantitative estimate of drug-likeness (QED) is 0.698. The molecule has 8 heteroatoms. The maximum Gasteiger partial charge on any atom is 0.262 e. The van der Waals surface area contributed by atoms with Crippen molar-refractivity contribution >= 4 is 27.3 Å². The van der Waals surface area contributed by atoms with E-state index in [1.807, 2.05) is 13.0 Å². The summed E-state index contributed by atoms with van der Waals surface area (Å²) < 4.78 is 32.8. The summed E-state index contributed by atoms with van der Waals surface area (Å²) >= 11 is 0. The fourth-order valence-corrected chi connectivity index (χ4v) is 3.96. The van der Waals surface area contributed by atoms with Crippen molar-refractivity contribution in [1.82, 2.24) is 5.16 Å². The average Bonchev–Trinajstić information content (AvgIpc) is 3.00. The van der Waals surface area contributed by atoms with Crippen LogP contribution in [0, 0.1) is 20.8 Å². The van der Waals surface area contributed by atoms with Crippen molar-refractivity contribution in [3.8, 4) is 0 Å². The maximum atomic E-state index is 12.7. The Morgan fingerprint density at radius 3 is 2.44 bits per heavy atom. The van der Waals surface area contributed by atoms with Gasteiger partial charge in [-0.2, -0.15) is 0 Å². The molecule has 0 bridgehead atoms. The summed E-state index contributed by atoms with van der Waals surface area (Å²) in [5, 5.41) is 6.27. The number of carbonyl (C=O) groups excluding carboxylic acids is 1. The van der Waals surface area contributed by atoms with Crippen LogP contribution in [0.4, 0.5) is 11.4 Å². The summed E-state index contributed by atoms with van der Waals surface area (Å²) in [6.45, 7) is 5.29. The monoisotopic (exact) mass is 385 g/mol. The number of carbonyl (C=O) groups is 1. The van der Waals surface area contributed by atoms with Crippen molar-refractivity contribution in [2.75, 3.05) is 10.0 Å². The molecule has 0 aliphatic carbocycles. The predicted octanol–water partition coefficient (Wildman–Crippen LogP) is 3.65. The Bertz CT molecular complexity index is 1100. The number of hydrogen-bond acceptors (Lipinski definition) is 5. The molecule has 0 aliphatic rings. The van der Waals surface area contributed by atoms with Gasteiger partial charge in [0.05, 0.1) is 16.8 Å². The standard InChI is InChI=1S/C19H19N3O4S/c1-12-7-8-18(13(2)9-12)27(24,25)22-16-6-4-5-15(10-16)21-19(23)17-11-20-26-14(17)3/h4-11,22H,1-3H3,(H,21,23). The highest BCUT2D eigenvalue weighted by atomic mass is 32.2. The highest BCUT2D eigenvalue weighted by Crippen LogP contribution is 2.22. The topological polar surface area (TPSA) is 101 Å². The Labute approximate surface area is 157 Å². The summed E-state index contributed by atoms with van der Waals surface area (Å²) in [5.41, 5.74) is 2.75. The lowest BCUT2D eigenvalue weighted by atomic mass is 10.2. The largest absolute Gasteiger partial charge is 0.361 e. The molecule has 27 heavy (non-hydrogen) atoms. The molecule has 2 N–H and O–H groups in total. The van der Waals surface area contributed by atoms with Crippen LogP contribution >= 0.6 is 0 Å². The summed E-state index contributed by atoms with van der Waals surface area (Å²) in [4.78, 5) is 12.5. The summed E-state index contributed by atoms with van der Waals surface area (Å²) in [6.07, 6.45) is 1.33. The Morgan fingerprint density at radius 1 is 1.04 bits per heavy atom. The van der Waals surface area contributed by atoms with E-state index < -0.39 is 10.0 Å². The first-order valence-corrected chi connectivity index (χ1v) is 9.67. The van der Waals surface area contributed by atoms with Crippen LogP contribution in [0.3, 0.4) is 0 Å². The number of nitrogens with zero attached hydrogens (tertiary/aromatic N) is 1. The predicted molar refractivity (Wildman–Crippen MR) is 102 cm³/mol. The molecule has 0 saturated carbocycles. The Balaban J connectivity index is 1.81. The number of rotatable bonds is 5. The number of benzene rings is 2. The number of anilines is 2. The van der Waals surface area contributed by atoms with Crippen LogP contribution < -0.4 is 10.0 Å². The molecule has 2 aromatic carbocycles. The van der Waals surface area contributed by atoms with Gasteiger partial charge in [0, 0.05) is 5.69 Å². The Hall–Kier alpha value is -3.13. The van der Waals surface area contributed by atoms with Gasteiger partial charge in [0.15, 0.2) is 0 Å². The highest BCUT2D eigenvalue weighted by molar-refractivity contribution is 7.92. The molecule has 0 fully saturated rings. The van der Waals surface area contributed by atoms with Crippen LogP contribution in [-0.2, 0) is 10.0 Å². The maximum absolute atomic E-state index is 12.7. The van der Waals surface area contributed by atoms with E-state index in [0.717, 1.165) is 5.56 Å². The van der Waals surface area contributed by atoms with Crippen molar-refractivity contribution < 1.29 is 17.7 Å². The van der Waals surface area contributed by atoms with Gasteiger partial charge in [-0.1, -0.05) is 28.9 Å². The number of aryl methyl sites for hydroxylation is 3. The molecule has 1 aromatic heterocycles. The van der Waals surface area contributed by atoms with Gasteiger partial charge in [-0.3, -0.25) is 9.52 Å². The van der Waals surface area contributed by atoms with E-state index >= 15 is 0 Å². The lowest BCUT2D eigenvalue weighted by molar-refractivity contribution is 0.102. The van der Waals surface area contributed by atoms with E-state index in [1.54, 1.807) is 50.2 Å². The third kappa shape index (κ3) is 4.17. The van der Waals surface area contributed by atoms with E-state index in [1.165, 1.54) is 6.20 Å². The van der Waals surface area contributed by atoms with Crippen LogP contribution in [0.25, 0.3) is 0 Å². The molecule has 3 aromatic rings. The van der Waals surface area contributed by atoms with Gasteiger partial charge in [0.1, 0.15) is 11.3 Å². The van der Waals surface area contributed by atoms with Gasteiger partial charge in [-0.05, 0) is 50.6 Å². The van der Waals surface area contributed by atoms with Crippen LogP contribution in [0.15, 0.2) is 58.1 Å². The van der Waals surface area contributed by atoms with E-state index in [9.17, 15) is 13.2 Å². The molecule has 1 heterocycles. The third-order valence-corrected chi connectivity index (χ3v) is 5.53. The smallest absolute Gasteiger partial charge is 0.262 e. The van der Waals surface area contributed by atoms with Crippen molar-refractivity contribution in [2.45, 2.75) is 25.7 Å². The minimum atomic E-state index is -3.74. The summed E-state index contributed by atoms with van der Waals surface area (Å²) in [7, 11) is -3.74. The average molecular weight is 385 g/mol. The van der Waals surface area contributed by atoms with Crippen molar-refractivity contribution in [2.24, 2.45) is 0 Å². The fraction of sp³-hybridized carbons (Fsp3) is 0.158. The second-order valence-electron chi connectivity index (χ2n) is 6.21. The first-order chi connectivity index (χ1) is 12.8. The van der Waals surface area contributed by atoms with Gasteiger partial charge in [-0.15, -0.1) is 0 Å². The van der Waals surface area contributed by atoms with Gasteiger partial charge >= 0.3 is 0 Å². The summed E-state index contributed by atoms with van der Waals surface area (Å²) in [5.74, 6) is 0.0161. The van der Waals surface area contributed by atoms with Gasteiger partial charge in [0.25, 0.3) is 15.9 Å². The second-order valence-corrected chi connectivity index (χ2v) is 7.86. The zero-order chi connectivity index (χ0) is 19.6. The van der Waals surface area contributed by atoms with Crippen LogP contribution in [0.2, 0.25) is 0 Å². The Kier molecular flexibility index (Phi) is 5.00. The number of nitrogens with one attached hydrogen (secondary N) is 2. The van der Waals surface area contributed by atoms with E-state index in [4.69, 9.17) is 4.52 Å². The fourth-order valence-electron chi connectivity index (χ4n) is 2.69. The van der Waals surface area contributed by atoms with Crippen molar-refractivity contribution in [3.63, 3.8) is 0 Å². The van der Waals surface area contributed by atoms with E-state index in [2.05, 4.69) is 15.2 Å². The minimum absolute atomic E-state index is 0.211. The van der Waals surface area contributed by atoms with E-state index in [-0.39, 0.29) is 10.8 Å². The van der Waals surface area contributed by atoms with Crippen LogP contribution in [-0.4, -0.2) is 19.5 Å². The van der Waals surface area contributed by atoms with Crippen LogP contribution in [0.5, 0.6) is 0 Å². The van der Waals surface area contributed by atoms with Gasteiger partial charge < -0.3 is 9.84 Å². The number of hydrogen-bond donors (Lipinski definition) is 2. The molecular formula is C19H19N3O4S. The lowest BCUT2D eigenvalue weighted by Gasteiger charge is -2.12. The molecule has 0 radical (unpaired) electrons. The second kappa shape index (κ2) is 7.24. The molecule has 1 amide bonds. The molecule has 0 spiro atoms. The first-order valence-electron chi connectivity index (χ1n) is 8.19. The van der Waals surface area contributed by atoms with E-state index in [0.29, 0.717) is 28.3 Å². The first kappa shape index (κ1) is 18.7. The number of sulfonamides is 1. The van der Waals surface area contributed by atoms with Crippen molar-refractivity contribution in [3.05, 3.63) is 71.1 Å². The zero-order valence-electron chi connectivity index (χ0n) is 15.1. The highest BCUT2D eigenvalue weighted by Gasteiger charge is 2.18. The summed E-state index contributed by atoms with van der Waals surface area (Å²) in [6, 6.07) is 11.6. The molecule has 0 unspecified atom stereocenters. The SMILES string of the molecule is Cc1ccc(S(=O)(=O)Nc2cccc(NC(=O)c3cnoc3C)c2)c(C)c1. The number of amides is 1. The number of aromatic nitrogens is 1. The molecule has 140 valence electrons. The minimum Gasteiger partial charge on any atom is -0.361 e. The Morgan fingerprint density at radius 2 is 1.78 bits per heavy atom. The molecule has 0 aliphatic heterocycles. The van der Waals surface area contributed by atoms with Crippen molar-refractivity contribution in [1.29, 1.82) is 0 Å². The molecule has 3 rings (SSSR count). The molecular weight excluding hydrogens is 366 g/mol. The van der Waals surface area contributed by atoms with Gasteiger partial charge in [0.2, 0.25) is 0 Å². The zero-order valence-corrected chi connectivity index (χ0v) is 15.9. The van der Waals surface area contributed by atoms with Gasteiger partial charge in [-0.25, -0.2) is 8.42 Å². The third-order valence-electron chi connectivity index (χ3n) is 3.99. The van der Waals surface area contributed by atoms with Crippen LogP contribution in [0.1, 0.15) is 27.2 Å².